The second-order valence-corrected chi connectivity index (χ2v) is 9.43. The molecule has 0 saturated carbocycles. The first-order valence-electron chi connectivity index (χ1n) is 16.0. The number of carboxylic acids is 1. The lowest BCUT2D eigenvalue weighted by Gasteiger charge is -2.09. The van der Waals surface area contributed by atoms with Crippen LogP contribution in [0.25, 0.3) is 0 Å². The van der Waals surface area contributed by atoms with E-state index in [1.165, 1.54) is 0 Å². The lowest BCUT2D eigenvalue weighted by atomic mass is 10.2. The summed E-state index contributed by atoms with van der Waals surface area (Å²) in [6.45, 7) is 9.76. The van der Waals surface area contributed by atoms with Crippen LogP contribution in [-0.2, 0) is 66.5 Å². The van der Waals surface area contributed by atoms with Crippen LogP contribution in [-0.4, -0.2) is 168 Å². The molecule has 2 N–H and O–H groups in total. The zero-order chi connectivity index (χ0) is 33.6. The van der Waals surface area contributed by atoms with Gasteiger partial charge in [-0.1, -0.05) is 19.8 Å². The van der Waals surface area contributed by atoms with Crippen molar-refractivity contribution in [2.45, 2.75) is 32.6 Å². The Morgan fingerprint density at radius 3 is 1.22 bits per heavy atom. The third kappa shape index (κ3) is 38.2. The Morgan fingerprint density at radius 1 is 0.478 bits per heavy atom. The number of hydrogen-bond donors (Lipinski definition) is 2. The fourth-order valence-corrected chi connectivity index (χ4v) is 3.21. The van der Waals surface area contributed by atoms with Crippen LogP contribution in [0.5, 0.6) is 0 Å². The Hall–Kier alpha value is -1.99. The standard InChI is InChI=1S/C30H57NO15/c1-2-3-4-5-30(35)46-25-24-44-23-22-43-21-20-42-19-18-41-17-16-40-15-14-39-13-12-38-11-10-37-9-8-36-7-6-31-28(32)26-45-27-29(33)34/h2-27H2,1H3,(H,31,32)(H,33,34). The van der Waals surface area contributed by atoms with Gasteiger partial charge in [-0.2, -0.15) is 0 Å². The lowest BCUT2D eigenvalue weighted by Crippen LogP contribution is -2.31. The van der Waals surface area contributed by atoms with E-state index in [4.69, 9.17) is 52.5 Å². The van der Waals surface area contributed by atoms with E-state index in [2.05, 4.69) is 17.0 Å². The Bertz CT molecular complexity index is 687. The van der Waals surface area contributed by atoms with Gasteiger partial charge in [0.25, 0.3) is 0 Å². The predicted molar refractivity (Wildman–Crippen MR) is 164 cm³/mol. The fourth-order valence-electron chi connectivity index (χ4n) is 3.21. The van der Waals surface area contributed by atoms with Crippen molar-refractivity contribution in [2.75, 3.05) is 145 Å². The molecular formula is C30H57NO15. The van der Waals surface area contributed by atoms with E-state index < -0.39 is 18.5 Å². The van der Waals surface area contributed by atoms with Gasteiger partial charge in [-0.05, 0) is 6.42 Å². The highest BCUT2D eigenvalue weighted by Crippen LogP contribution is 2.00. The topological polar surface area (TPSA) is 185 Å². The van der Waals surface area contributed by atoms with E-state index >= 15 is 0 Å². The summed E-state index contributed by atoms with van der Waals surface area (Å²) < 4.78 is 58.4. The van der Waals surface area contributed by atoms with Gasteiger partial charge in [0, 0.05) is 13.0 Å². The van der Waals surface area contributed by atoms with E-state index in [0.717, 1.165) is 19.3 Å². The van der Waals surface area contributed by atoms with Gasteiger partial charge < -0.3 is 62.5 Å². The first-order chi connectivity index (χ1) is 22.6. The number of ether oxygens (including phenoxy) is 11. The number of carbonyl (C=O) groups excluding carboxylic acids is 2. The van der Waals surface area contributed by atoms with Gasteiger partial charge in [-0.25, -0.2) is 4.79 Å². The zero-order valence-corrected chi connectivity index (χ0v) is 27.5. The summed E-state index contributed by atoms with van der Waals surface area (Å²) in [6.07, 6.45) is 3.46. The Morgan fingerprint density at radius 2 is 0.848 bits per heavy atom. The van der Waals surface area contributed by atoms with Crippen molar-refractivity contribution in [2.24, 2.45) is 0 Å². The smallest absolute Gasteiger partial charge is 0.329 e. The van der Waals surface area contributed by atoms with E-state index in [1.807, 2.05) is 0 Å². The molecule has 0 spiro atoms. The zero-order valence-electron chi connectivity index (χ0n) is 27.5. The van der Waals surface area contributed by atoms with Crippen LogP contribution >= 0.6 is 0 Å². The number of hydrogen-bond acceptors (Lipinski definition) is 14. The minimum absolute atomic E-state index is 0.169. The maximum atomic E-state index is 11.4. The van der Waals surface area contributed by atoms with Gasteiger partial charge in [-0.3, -0.25) is 9.59 Å². The Balaban J connectivity index is 3.12. The second-order valence-electron chi connectivity index (χ2n) is 9.43. The van der Waals surface area contributed by atoms with Crippen molar-refractivity contribution >= 4 is 17.8 Å². The summed E-state index contributed by atoms with van der Waals surface area (Å²) in [5.74, 6) is -1.69. The van der Waals surface area contributed by atoms with Crippen LogP contribution in [0.1, 0.15) is 32.6 Å². The molecule has 0 bridgehead atoms. The third-order valence-electron chi connectivity index (χ3n) is 5.48. The summed E-state index contributed by atoms with van der Waals surface area (Å²) in [4.78, 5) is 33.1. The highest BCUT2D eigenvalue weighted by atomic mass is 16.6. The van der Waals surface area contributed by atoms with E-state index in [-0.39, 0.29) is 19.2 Å². The summed E-state index contributed by atoms with van der Waals surface area (Å²) in [6, 6.07) is 0. The molecule has 0 unspecified atom stereocenters. The number of carboxylic acid groups (broad SMARTS) is 1. The highest BCUT2D eigenvalue weighted by Gasteiger charge is 2.04. The minimum Gasteiger partial charge on any atom is -0.480 e. The van der Waals surface area contributed by atoms with Crippen LogP contribution in [0.3, 0.4) is 0 Å². The molecule has 272 valence electrons. The molecular weight excluding hydrogens is 614 g/mol. The van der Waals surface area contributed by atoms with Gasteiger partial charge in [-0.15, -0.1) is 0 Å². The molecule has 0 heterocycles. The van der Waals surface area contributed by atoms with Gasteiger partial charge in [0.15, 0.2) is 0 Å². The maximum absolute atomic E-state index is 11.4. The maximum Gasteiger partial charge on any atom is 0.329 e. The van der Waals surface area contributed by atoms with Gasteiger partial charge in [0.05, 0.1) is 119 Å². The van der Waals surface area contributed by atoms with E-state index in [0.29, 0.717) is 132 Å². The van der Waals surface area contributed by atoms with Crippen molar-refractivity contribution < 1.29 is 71.6 Å². The summed E-state index contributed by atoms with van der Waals surface area (Å²) in [5, 5.41) is 11.0. The van der Waals surface area contributed by atoms with Crippen LogP contribution < -0.4 is 5.32 Å². The summed E-state index contributed by atoms with van der Waals surface area (Å²) in [5.41, 5.74) is 0. The molecule has 0 radical (unpaired) electrons. The average molecular weight is 672 g/mol. The first-order valence-corrected chi connectivity index (χ1v) is 16.0. The van der Waals surface area contributed by atoms with Crippen molar-refractivity contribution in [3.05, 3.63) is 0 Å². The first kappa shape index (κ1) is 44.0. The van der Waals surface area contributed by atoms with Gasteiger partial charge in [0.2, 0.25) is 5.91 Å². The third-order valence-corrected chi connectivity index (χ3v) is 5.48. The van der Waals surface area contributed by atoms with Crippen LogP contribution in [0, 0.1) is 0 Å². The summed E-state index contributed by atoms with van der Waals surface area (Å²) in [7, 11) is 0. The molecule has 0 aromatic carbocycles. The number of rotatable bonds is 38. The second kappa shape index (κ2) is 37.5. The summed E-state index contributed by atoms with van der Waals surface area (Å²) >= 11 is 0. The molecule has 0 aromatic rings. The normalized spacial score (nSPS) is 11.2. The van der Waals surface area contributed by atoms with Crippen LogP contribution in [0.4, 0.5) is 0 Å². The average Bonchev–Trinajstić information content (AvgIpc) is 3.03. The minimum atomic E-state index is -1.13. The number of carbonyl (C=O) groups is 3. The highest BCUT2D eigenvalue weighted by molar-refractivity contribution is 5.77. The lowest BCUT2D eigenvalue weighted by molar-refractivity contribution is -0.146. The van der Waals surface area contributed by atoms with E-state index in [9.17, 15) is 14.4 Å². The largest absolute Gasteiger partial charge is 0.480 e. The quantitative estimate of drug-likeness (QED) is 0.0682. The Kier molecular flexibility index (Phi) is 35.8. The SMILES string of the molecule is CCCCCC(=O)OCCOCCOCCOCCOCCOCCOCCOCCOCCOCCNC(=O)COCC(=O)O. The molecule has 0 atom stereocenters. The van der Waals surface area contributed by atoms with Gasteiger partial charge in [0.1, 0.15) is 19.8 Å². The molecule has 0 rings (SSSR count). The van der Waals surface area contributed by atoms with Crippen molar-refractivity contribution in [1.82, 2.24) is 5.32 Å². The number of esters is 1. The molecule has 0 aromatic heterocycles. The van der Waals surface area contributed by atoms with Crippen LogP contribution in [0.15, 0.2) is 0 Å². The molecule has 0 aliphatic heterocycles. The number of amides is 1. The molecule has 0 aliphatic rings. The number of nitrogens with one attached hydrogen (secondary N) is 1. The van der Waals surface area contributed by atoms with Crippen molar-refractivity contribution in [3.8, 4) is 0 Å². The fraction of sp³-hybridized carbons (Fsp3) is 0.900. The molecule has 0 saturated heterocycles. The van der Waals surface area contributed by atoms with Crippen molar-refractivity contribution in [1.29, 1.82) is 0 Å². The molecule has 16 nitrogen and oxygen atoms in total. The van der Waals surface area contributed by atoms with Gasteiger partial charge >= 0.3 is 11.9 Å². The monoisotopic (exact) mass is 671 g/mol. The van der Waals surface area contributed by atoms with Crippen LogP contribution in [0.2, 0.25) is 0 Å². The molecule has 16 heteroatoms. The number of unbranched alkanes of at least 4 members (excludes halogenated alkanes) is 2. The molecule has 46 heavy (non-hydrogen) atoms. The predicted octanol–water partition coefficient (Wildman–Crippen LogP) is 0.477. The molecule has 0 fully saturated rings. The molecule has 0 aliphatic carbocycles. The molecule has 1 amide bonds. The Labute approximate surface area is 272 Å². The van der Waals surface area contributed by atoms with Crippen molar-refractivity contribution in [3.63, 3.8) is 0 Å². The van der Waals surface area contributed by atoms with E-state index in [1.54, 1.807) is 0 Å². The number of aliphatic carboxylic acids is 1.